The second-order valence-corrected chi connectivity index (χ2v) is 7.39. The van der Waals surface area contributed by atoms with E-state index in [1.807, 2.05) is 30.9 Å². The molecule has 1 saturated heterocycles. The van der Waals surface area contributed by atoms with E-state index in [0.717, 1.165) is 42.3 Å². The Hall–Kier alpha value is -3.03. The number of aliphatic imine (C=N–C) groups is 1. The number of aromatic nitrogens is 2. The van der Waals surface area contributed by atoms with Crippen molar-refractivity contribution in [2.75, 3.05) is 37.6 Å². The molecule has 1 aliphatic heterocycles. The molecule has 0 amide bonds. The fraction of sp³-hybridized carbons (Fsp3) is 0.476. The van der Waals surface area contributed by atoms with Crippen LogP contribution in [0, 0.1) is 13.8 Å². The summed E-state index contributed by atoms with van der Waals surface area (Å²) in [4.78, 5) is 25.6. The number of anilines is 1. The highest BCUT2D eigenvalue weighted by Gasteiger charge is 2.22. The van der Waals surface area contributed by atoms with Gasteiger partial charge in [-0.25, -0.2) is 9.98 Å². The molecule has 8 nitrogen and oxygen atoms in total. The Morgan fingerprint density at radius 3 is 2.48 bits per heavy atom. The zero-order chi connectivity index (χ0) is 21.0. The molecule has 2 aromatic rings. The van der Waals surface area contributed by atoms with Crippen molar-refractivity contribution in [1.29, 1.82) is 0 Å². The summed E-state index contributed by atoms with van der Waals surface area (Å²) < 4.78 is 1.56. The summed E-state index contributed by atoms with van der Waals surface area (Å²) in [5.74, 6) is 1.72. The first kappa shape index (κ1) is 20.7. The van der Waals surface area contributed by atoms with Crippen LogP contribution in [0.5, 0.6) is 5.75 Å². The third kappa shape index (κ3) is 4.70. The number of nitrogens with one attached hydrogen (secondary N) is 1. The Bertz CT molecular complexity index is 921. The van der Waals surface area contributed by atoms with E-state index in [1.165, 1.54) is 0 Å². The molecule has 1 aromatic carbocycles. The molecule has 0 saturated carbocycles. The smallest absolute Gasteiger partial charge is 0.293 e. The van der Waals surface area contributed by atoms with Crippen LogP contribution in [-0.2, 0) is 13.6 Å². The first-order valence-electron chi connectivity index (χ1n) is 9.99. The van der Waals surface area contributed by atoms with Gasteiger partial charge in [0.2, 0.25) is 0 Å². The Balaban J connectivity index is 1.70. The van der Waals surface area contributed by atoms with Gasteiger partial charge in [-0.1, -0.05) is 12.1 Å². The SMILES string of the molecule is CCNC(=NCc1cc(C)c(O)c(C)c1)N1CCN(c2nccn(C)c2=O)CC1. The molecular formula is C21H30N6O2. The Morgan fingerprint density at radius 2 is 1.86 bits per heavy atom. The van der Waals surface area contributed by atoms with Crippen molar-refractivity contribution in [3.05, 3.63) is 51.6 Å². The van der Waals surface area contributed by atoms with Gasteiger partial charge in [-0.3, -0.25) is 4.79 Å². The quantitative estimate of drug-likeness (QED) is 0.598. The third-order valence-corrected chi connectivity index (χ3v) is 5.17. The zero-order valence-electron chi connectivity index (χ0n) is 17.6. The van der Waals surface area contributed by atoms with Crippen LogP contribution in [-0.4, -0.2) is 58.2 Å². The lowest BCUT2D eigenvalue weighted by molar-refractivity contribution is 0.370. The summed E-state index contributed by atoms with van der Waals surface area (Å²) in [6.07, 6.45) is 3.33. The maximum atomic E-state index is 12.3. The standard InChI is InChI=1S/C21H30N6O2/c1-5-22-21(24-14-17-12-15(2)18(28)16(3)13-17)27-10-8-26(9-11-27)19-20(29)25(4)7-6-23-19/h6-7,12-13,28H,5,8-11,14H2,1-4H3,(H,22,24). The molecule has 1 fully saturated rings. The number of phenols is 1. The van der Waals surface area contributed by atoms with Crippen molar-refractivity contribution in [3.8, 4) is 5.75 Å². The lowest BCUT2D eigenvalue weighted by Gasteiger charge is -2.36. The fourth-order valence-electron chi connectivity index (χ4n) is 3.56. The molecule has 8 heteroatoms. The summed E-state index contributed by atoms with van der Waals surface area (Å²) >= 11 is 0. The number of aryl methyl sites for hydroxylation is 3. The molecule has 3 rings (SSSR count). The van der Waals surface area contributed by atoms with Crippen LogP contribution >= 0.6 is 0 Å². The van der Waals surface area contributed by atoms with Crippen LogP contribution < -0.4 is 15.8 Å². The monoisotopic (exact) mass is 398 g/mol. The molecule has 0 bridgehead atoms. The number of hydrogen-bond acceptors (Lipinski definition) is 5. The first-order valence-corrected chi connectivity index (χ1v) is 9.99. The molecule has 2 heterocycles. The number of phenolic OH excluding ortho intramolecular Hbond substituents is 1. The van der Waals surface area contributed by atoms with Gasteiger partial charge in [-0.05, 0) is 37.5 Å². The highest BCUT2D eigenvalue weighted by atomic mass is 16.3. The predicted molar refractivity (Wildman–Crippen MR) is 116 cm³/mol. The summed E-state index contributed by atoms with van der Waals surface area (Å²) in [7, 11) is 1.74. The van der Waals surface area contributed by atoms with E-state index in [-0.39, 0.29) is 5.56 Å². The van der Waals surface area contributed by atoms with Crippen LogP contribution in [0.25, 0.3) is 0 Å². The number of piperazine rings is 1. The first-order chi connectivity index (χ1) is 13.9. The molecule has 0 aliphatic carbocycles. The van der Waals surface area contributed by atoms with E-state index in [4.69, 9.17) is 4.99 Å². The van der Waals surface area contributed by atoms with Gasteiger partial charge in [0.25, 0.3) is 5.56 Å². The lowest BCUT2D eigenvalue weighted by atomic mass is 10.1. The van der Waals surface area contributed by atoms with Gasteiger partial charge in [-0.15, -0.1) is 0 Å². The minimum atomic E-state index is -0.0698. The lowest BCUT2D eigenvalue weighted by Crippen LogP contribution is -2.53. The average Bonchev–Trinajstić information content (AvgIpc) is 2.71. The van der Waals surface area contributed by atoms with Crippen molar-refractivity contribution in [1.82, 2.24) is 19.8 Å². The molecule has 2 N–H and O–H groups in total. The fourth-order valence-corrected chi connectivity index (χ4v) is 3.56. The number of aromatic hydroxyl groups is 1. The normalized spacial score (nSPS) is 15.0. The van der Waals surface area contributed by atoms with Gasteiger partial charge >= 0.3 is 0 Å². The number of benzene rings is 1. The molecule has 29 heavy (non-hydrogen) atoms. The van der Waals surface area contributed by atoms with E-state index in [1.54, 1.807) is 24.0 Å². The van der Waals surface area contributed by atoms with Gasteiger partial charge < -0.3 is 24.8 Å². The number of hydrogen-bond donors (Lipinski definition) is 2. The number of guanidine groups is 1. The predicted octanol–water partition coefficient (Wildman–Crippen LogP) is 1.39. The minimum absolute atomic E-state index is 0.0698. The molecule has 1 aromatic heterocycles. The highest BCUT2D eigenvalue weighted by Crippen LogP contribution is 2.23. The van der Waals surface area contributed by atoms with Gasteiger partial charge in [0.15, 0.2) is 11.8 Å². The molecule has 1 aliphatic rings. The van der Waals surface area contributed by atoms with E-state index >= 15 is 0 Å². The maximum Gasteiger partial charge on any atom is 0.293 e. The average molecular weight is 399 g/mol. The van der Waals surface area contributed by atoms with Crippen molar-refractivity contribution in [3.63, 3.8) is 0 Å². The molecular weight excluding hydrogens is 368 g/mol. The van der Waals surface area contributed by atoms with Crippen molar-refractivity contribution in [2.45, 2.75) is 27.3 Å². The van der Waals surface area contributed by atoms with E-state index in [0.29, 0.717) is 31.2 Å². The number of rotatable bonds is 4. The second-order valence-electron chi connectivity index (χ2n) is 7.39. The van der Waals surface area contributed by atoms with Gasteiger partial charge in [-0.2, -0.15) is 0 Å². The largest absolute Gasteiger partial charge is 0.507 e. The summed E-state index contributed by atoms with van der Waals surface area (Å²) in [5, 5.41) is 13.3. The van der Waals surface area contributed by atoms with Crippen molar-refractivity contribution in [2.24, 2.45) is 12.0 Å². The minimum Gasteiger partial charge on any atom is -0.507 e. The highest BCUT2D eigenvalue weighted by molar-refractivity contribution is 5.80. The van der Waals surface area contributed by atoms with Gasteiger partial charge in [0.05, 0.1) is 6.54 Å². The zero-order valence-corrected chi connectivity index (χ0v) is 17.6. The summed E-state index contributed by atoms with van der Waals surface area (Å²) in [6.45, 7) is 10.2. The summed E-state index contributed by atoms with van der Waals surface area (Å²) in [5.41, 5.74) is 2.74. The molecule has 0 radical (unpaired) electrons. The van der Waals surface area contributed by atoms with E-state index in [9.17, 15) is 9.90 Å². The van der Waals surface area contributed by atoms with Gasteiger partial charge in [0, 0.05) is 52.2 Å². The molecule has 0 spiro atoms. The Morgan fingerprint density at radius 1 is 1.21 bits per heavy atom. The van der Waals surface area contributed by atoms with Crippen molar-refractivity contribution >= 4 is 11.8 Å². The van der Waals surface area contributed by atoms with Crippen LogP contribution in [0.3, 0.4) is 0 Å². The third-order valence-electron chi connectivity index (χ3n) is 5.17. The van der Waals surface area contributed by atoms with Gasteiger partial charge in [0.1, 0.15) is 5.75 Å². The topological polar surface area (TPSA) is 86.0 Å². The molecule has 0 unspecified atom stereocenters. The van der Waals surface area contributed by atoms with Crippen LogP contribution in [0.4, 0.5) is 5.82 Å². The second kappa shape index (κ2) is 8.98. The van der Waals surface area contributed by atoms with E-state index in [2.05, 4.69) is 22.1 Å². The van der Waals surface area contributed by atoms with Crippen molar-refractivity contribution < 1.29 is 5.11 Å². The van der Waals surface area contributed by atoms with Crippen LogP contribution in [0.1, 0.15) is 23.6 Å². The van der Waals surface area contributed by atoms with Crippen LogP contribution in [0.15, 0.2) is 34.3 Å². The summed E-state index contributed by atoms with van der Waals surface area (Å²) in [6, 6.07) is 3.95. The molecule has 156 valence electrons. The Labute approximate surface area is 171 Å². The molecule has 0 atom stereocenters. The Kier molecular flexibility index (Phi) is 6.41. The number of nitrogens with zero attached hydrogens (tertiary/aromatic N) is 5. The van der Waals surface area contributed by atoms with E-state index < -0.39 is 0 Å². The maximum absolute atomic E-state index is 12.3. The van der Waals surface area contributed by atoms with Crippen LogP contribution in [0.2, 0.25) is 0 Å².